The molecular weight excluding hydrogens is 354 g/mol. The average Bonchev–Trinajstić information content (AvgIpc) is 2.96. The van der Waals surface area contributed by atoms with Gasteiger partial charge in [-0.1, -0.05) is 18.2 Å². The number of carbonyl (C=O) groups is 2. The van der Waals surface area contributed by atoms with Gasteiger partial charge < -0.3 is 19.9 Å². The number of aryl methyl sites for hydroxylation is 2. The highest BCUT2D eigenvalue weighted by Gasteiger charge is 2.19. The maximum atomic E-state index is 12.9. The van der Waals surface area contributed by atoms with Gasteiger partial charge in [0.1, 0.15) is 5.75 Å². The first-order valence-corrected chi connectivity index (χ1v) is 9.07. The van der Waals surface area contributed by atoms with Gasteiger partial charge in [-0.05, 0) is 56.7 Å². The second-order valence-corrected chi connectivity index (χ2v) is 6.91. The van der Waals surface area contributed by atoms with E-state index in [0.29, 0.717) is 22.7 Å². The molecule has 0 atom stereocenters. The van der Waals surface area contributed by atoms with E-state index >= 15 is 0 Å². The Labute approximate surface area is 163 Å². The number of hydrogen-bond acceptors (Lipinski definition) is 3. The van der Waals surface area contributed by atoms with Crippen molar-refractivity contribution < 1.29 is 14.3 Å². The molecule has 0 saturated carbocycles. The van der Waals surface area contributed by atoms with Crippen LogP contribution in [0.1, 0.15) is 27.3 Å². The molecule has 2 amide bonds. The molecule has 4 rings (SSSR count). The summed E-state index contributed by atoms with van der Waals surface area (Å²) in [7, 11) is 0. The lowest BCUT2D eigenvalue weighted by atomic mass is 10.2. The van der Waals surface area contributed by atoms with Gasteiger partial charge in [0.15, 0.2) is 6.61 Å². The molecule has 142 valence electrons. The number of aromatic nitrogens is 1. The van der Waals surface area contributed by atoms with Gasteiger partial charge in [0, 0.05) is 22.8 Å². The first kappa shape index (κ1) is 17.9. The predicted octanol–water partition coefficient (Wildman–Crippen LogP) is 3.99. The van der Waals surface area contributed by atoms with E-state index in [2.05, 4.69) is 28.2 Å². The van der Waals surface area contributed by atoms with Gasteiger partial charge in [-0.25, -0.2) is 0 Å². The van der Waals surface area contributed by atoms with Crippen LogP contribution in [0.15, 0.2) is 48.5 Å². The molecule has 0 unspecified atom stereocenters. The van der Waals surface area contributed by atoms with Crippen molar-refractivity contribution in [3.8, 4) is 11.4 Å². The minimum atomic E-state index is -0.210. The van der Waals surface area contributed by atoms with E-state index in [1.54, 1.807) is 18.2 Å². The third kappa shape index (κ3) is 3.13. The molecule has 2 N–H and O–H groups in total. The first-order valence-electron chi connectivity index (χ1n) is 9.07. The quantitative estimate of drug-likeness (QED) is 0.727. The molecule has 1 aromatic heterocycles. The van der Waals surface area contributed by atoms with E-state index in [-0.39, 0.29) is 18.4 Å². The van der Waals surface area contributed by atoms with Crippen molar-refractivity contribution in [2.24, 2.45) is 0 Å². The fraction of sp³-hybridized carbons (Fsp3) is 0.182. The molecule has 0 aliphatic carbocycles. The third-order valence-electron chi connectivity index (χ3n) is 4.90. The summed E-state index contributed by atoms with van der Waals surface area (Å²) in [6, 6.07) is 15.2. The number of nitrogens with zero attached hydrogens (tertiary/aromatic N) is 1. The molecule has 6 nitrogen and oxygen atoms in total. The number of rotatable bonds is 3. The molecule has 6 heteroatoms. The Kier molecular flexibility index (Phi) is 4.39. The van der Waals surface area contributed by atoms with Crippen molar-refractivity contribution in [1.82, 2.24) is 4.57 Å². The Morgan fingerprint density at radius 2 is 1.89 bits per heavy atom. The normalized spacial score (nSPS) is 12.8. The summed E-state index contributed by atoms with van der Waals surface area (Å²) in [6.45, 7) is 5.98. The standard InChI is InChI=1S/C22H21N3O3/c1-13-6-4-5-7-19(13)25-14(2)10-17(15(25)3)22(27)23-16-8-9-20-18(11-16)24-21(26)12-28-20/h4-11H,12H2,1-3H3,(H,23,27)(H,24,26). The second-order valence-electron chi connectivity index (χ2n) is 6.91. The van der Waals surface area contributed by atoms with Gasteiger partial charge in [-0.15, -0.1) is 0 Å². The monoisotopic (exact) mass is 375 g/mol. The highest BCUT2D eigenvalue weighted by molar-refractivity contribution is 6.06. The first-order chi connectivity index (χ1) is 13.4. The van der Waals surface area contributed by atoms with Crippen LogP contribution in [0.3, 0.4) is 0 Å². The zero-order valence-corrected chi connectivity index (χ0v) is 16.0. The minimum Gasteiger partial charge on any atom is -0.482 e. The van der Waals surface area contributed by atoms with Crippen molar-refractivity contribution in [3.63, 3.8) is 0 Å². The van der Waals surface area contributed by atoms with E-state index in [1.165, 1.54) is 0 Å². The third-order valence-corrected chi connectivity index (χ3v) is 4.90. The molecule has 1 aliphatic rings. The van der Waals surface area contributed by atoms with E-state index in [1.807, 2.05) is 38.1 Å². The van der Waals surface area contributed by atoms with Gasteiger partial charge >= 0.3 is 0 Å². The Balaban J connectivity index is 1.63. The zero-order valence-electron chi connectivity index (χ0n) is 16.0. The number of amides is 2. The SMILES string of the molecule is Cc1ccccc1-n1c(C)cc(C(=O)Nc2ccc3c(c2)NC(=O)CO3)c1C. The number of anilines is 2. The molecule has 2 aromatic carbocycles. The fourth-order valence-corrected chi connectivity index (χ4v) is 3.54. The maximum absolute atomic E-state index is 12.9. The van der Waals surface area contributed by atoms with Crippen LogP contribution in [0.4, 0.5) is 11.4 Å². The van der Waals surface area contributed by atoms with Crippen LogP contribution in [0.25, 0.3) is 5.69 Å². The van der Waals surface area contributed by atoms with Gasteiger partial charge in [0.2, 0.25) is 0 Å². The zero-order chi connectivity index (χ0) is 19.8. The summed E-state index contributed by atoms with van der Waals surface area (Å²) in [5.74, 6) is 0.184. The Hall–Kier alpha value is -3.54. The summed E-state index contributed by atoms with van der Waals surface area (Å²) >= 11 is 0. The molecule has 0 fully saturated rings. The summed E-state index contributed by atoms with van der Waals surface area (Å²) in [4.78, 5) is 24.4. The molecule has 0 radical (unpaired) electrons. The Morgan fingerprint density at radius 3 is 2.68 bits per heavy atom. The molecule has 1 aliphatic heterocycles. The van der Waals surface area contributed by atoms with Crippen LogP contribution in [-0.4, -0.2) is 23.0 Å². The predicted molar refractivity (Wildman–Crippen MR) is 108 cm³/mol. The topological polar surface area (TPSA) is 72.4 Å². The molecular formula is C22H21N3O3. The van der Waals surface area contributed by atoms with E-state index < -0.39 is 0 Å². The van der Waals surface area contributed by atoms with Crippen molar-refractivity contribution in [2.75, 3.05) is 17.2 Å². The maximum Gasteiger partial charge on any atom is 0.262 e. The average molecular weight is 375 g/mol. The second kappa shape index (κ2) is 6.88. The highest BCUT2D eigenvalue weighted by atomic mass is 16.5. The lowest BCUT2D eigenvalue weighted by Crippen LogP contribution is -2.25. The smallest absolute Gasteiger partial charge is 0.262 e. The number of benzene rings is 2. The minimum absolute atomic E-state index is 0.00357. The van der Waals surface area contributed by atoms with Gasteiger partial charge in [-0.3, -0.25) is 9.59 Å². The summed E-state index contributed by atoms with van der Waals surface area (Å²) in [5, 5.41) is 5.66. The highest BCUT2D eigenvalue weighted by Crippen LogP contribution is 2.31. The number of fused-ring (bicyclic) bond motifs is 1. The number of carbonyl (C=O) groups excluding carboxylic acids is 2. The molecule has 3 aromatic rings. The lowest BCUT2D eigenvalue weighted by Gasteiger charge is -2.18. The molecule has 0 saturated heterocycles. The fourth-order valence-electron chi connectivity index (χ4n) is 3.54. The summed E-state index contributed by atoms with van der Waals surface area (Å²) < 4.78 is 7.44. The van der Waals surface area contributed by atoms with E-state index in [9.17, 15) is 9.59 Å². The van der Waals surface area contributed by atoms with Crippen LogP contribution in [0.2, 0.25) is 0 Å². The van der Waals surface area contributed by atoms with Gasteiger partial charge in [0.05, 0.1) is 11.3 Å². The van der Waals surface area contributed by atoms with Crippen LogP contribution in [0.5, 0.6) is 5.75 Å². The molecule has 0 bridgehead atoms. The van der Waals surface area contributed by atoms with Crippen LogP contribution in [0, 0.1) is 20.8 Å². The van der Waals surface area contributed by atoms with Gasteiger partial charge in [0.25, 0.3) is 11.8 Å². The largest absolute Gasteiger partial charge is 0.482 e. The summed E-state index contributed by atoms with van der Waals surface area (Å²) in [6.07, 6.45) is 0. The molecule has 2 heterocycles. The Bertz CT molecular complexity index is 1100. The van der Waals surface area contributed by atoms with Crippen molar-refractivity contribution in [3.05, 3.63) is 71.0 Å². The van der Waals surface area contributed by atoms with Crippen molar-refractivity contribution in [1.29, 1.82) is 0 Å². The van der Waals surface area contributed by atoms with E-state index in [0.717, 1.165) is 22.6 Å². The van der Waals surface area contributed by atoms with Crippen molar-refractivity contribution in [2.45, 2.75) is 20.8 Å². The van der Waals surface area contributed by atoms with Gasteiger partial charge in [-0.2, -0.15) is 0 Å². The van der Waals surface area contributed by atoms with Crippen LogP contribution in [-0.2, 0) is 4.79 Å². The summed E-state index contributed by atoms with van der Waals surface area (Å²) in [5.41, 5.74) is 5.82. The number of nitrogens with one attached hydrogen (secondary N) is 2. The number of hydrogen-bond donors (Lipinski definition) is 2. The lowest BCUT2D eigenvalue weighted by molar-refractivity contribution is -0.118. The van der Waals surface area contributed by atoms with Crippen molar-refractivity contribution >= 4 is 23.2 Å². The van der Waals surface area contributed by atoms with E-state index in [4.69, 9.17) is 4.74 Å². The number of ether oxygens (including phenoxy) is 1. The molecule has 0 spiro atoms. The van der Waals surface area contributed by atoms with Crippen LogP contribution >= 0.6 is 0 Å². The number of para-hydroxylation sites is 1. The molecule has 28 heavy (non-hydrogen) atoms. The van der Waals surface area contributed by atoms with Crippen LogP contribution < -0.4 is 15.4 Å². The Morgan fingerprint density at radius 1 is 1.11 bits per heavy atom.